The molecule has 1 fully saturated rings. The summed E-state index contributed by atoms with van der Waals surface area (Å²) < 4.78 is 5.67. The van der Waals surface area contributed by atoms with Gasteiger partial charge in [0, 0.05) is 0 Å². The summed E-state index contributed by atoms with van der Waals surface area (Å²) in [5.41, 5.74) is 0. The van der Waals surface area contributed by atoms with Gasteiger partial charge in [0.2, 0.25) is 0 Å². The van der Waals surface area contributed by atoms with Crippen molar-refractivity contribution >= 4 is 28.6 Å². The van der Waals surface area contributed by atoms with Crippen LogP contribution in [0.2, 0.25) is 0 Å². The predicted octanol–water partition coefficient (Wildman–Crippen LogP) is 2.30. The van der Waals surface area contributed by atoms with E-state index in [1.54, 1.807) is 0 Å². The second-order valence-electron chi connectivity index (χ2n) is 2.88. The van der Waals surface area contributed by atoms with Crippen LogP contribution in [-0.4, -0.2) is 16.5 Å². The molecule has 2 nitrogen and oxygen atoms in total. The van der Waals surface area contributed by atoms with E-state index in [9.17, 15) is 4.79 Å². The molecular formula is C8H13IO2. The van der Waals surface area contributed by atoms with Crippen LogP contribution in [-0.2, 0) is 9.53 Å². The molecule has 1 rings (SSSR count). The molecule has 0 bridgehead atoms. The van der Waals surface area contributed by atoms with E-state index in [0.717, 1.165) is 12.8 Å². The minimum Gasteiger partial charge on any atom is -0.462 e. The number of carbonyl (C=O) groups excluding carboxylic acids is 1. The van der Waals surface area contributed by atoms with Crippen LogP contribution in [0.3, 0.4) is 0 Å². The van der Waals surface area contributed by atoms with Gasteiger partial charge in [0.25, 0.3) is 0 Å². The molecule has 0 N–H and O–H groups in total. The summed E-state index contributed by atoms with van der Waals surface area (Å²) in [5, 5.41) is 0. The third-order valence-electron chi connectivity index (χ3n) is 1.96. The van der Waals surface area contributed by atoms with Crippen molar-refractivity contribution in [2.45, 2.75) is 38.2 Å². The zero-order chi connectivity index (χ0) is 8.10. The molecule has 0 saturated heterocycles. The molecule has 3 heteroatoms. The predicted molar refractivity (Wildman–Crippen MR) is 51.9 cm³/mol. The number of esters is 1. The van der Waals surface area contributed by atoms with Crippen molar-refractivity contribution in [3.05, 3.63) is 0 Å². The van der Waals surface area contributed by atoms with Crippen LogP contribution in [0, 0.1) is 0 Å². The molecule has 0 aromatic carbocycles. The smallest absolute Gasteiger partial charge is 0.316 e. The zero-order valence-electron chi connectivity index (χ0n) is 6.51. The minimum absolute atomic E-state index is 0.0579. The average Bonchev–Trinajstić information content (AvgIpc) is 2.06. The van der Waals surface area contributed by atoms with Gasteiger partial charge in [-0.25, -0.2) is 0 Å². The molecule has 0 aliphatic heterocycles. The molecule has 1 aliphatic carbocycles. The van der Waals surface area contributed by atoms with Crippen molar-refractivity contribution in [3.63, 3.8) is 0 Å². The number of rotatable bonds is 2. The van der Waals surface area contributed by atoms with Gasteiger partial charge in [-0.3, -0.25) is 4.79 Å². The Balaban J connectivity index is 2.19. The van der Waals surface area contributed by atoms with Crippen molar-refractivity contribution in [1.82, 2.24) is 0 Å². The van der Waals surface area contributed by atoms with Crippen molar-refractivity contribution < 1.29 is 9.53 Å². The fourth-order valence-corrected chi connectivity index (χ4v) is 1.58. The summed E-state index contributed by atoms with van der Waals surface area (Å²) in [5.74, 6) is -0.0579. The van der Waals surface area contributed by atoms with Crippen LogP contribution in [0.25, 0.3) is 0 Å². The second kappa shape index (κ2) is 4.95. The number of hydrogen-bond acceptors (Lipinski definition) is 2. The van der Waals surface area contributed by atoms with Crippen LogP contribution < -0.4 is 0 Å². The minimum atomic E-state index is -0.0579. The monoisotopic (exact) mass is 268 g/mol. The molecule has 0 spiro atoms. The molecule has 0 aromatic rings. The summed E-state index contributed by atoms with van der Waals surface area (Å²) >= 11 is 2.04. The normalized spacial score (nSPS) is 19.7. The van der Waals surface area contributed by atoms with E-state index in [2.05, 4.69) is 0 Å². The molecule has 0 unspecified atom stereocenters. The van der Waals surface area contributed by atoms with Crippen molar-refractivity contribution in [1.29, 1.82) is 0 Å². The van der Waals surface area contributed by atoms with E-state index >= 15 is 0 Å². The highest BCUT2D eigenvalue weighted by Crippen LogP contribution is 2.20. The number of halogens is 1. The van der Waals surface area contributed by atoms with Crippen LogP contribution in [0.15, 0.2) is 0 Å². The van der Waals surface area contributed by atoms with Gasteiger partial charge in [-0.2, -0.15) is 0 Å². The lowest BCUT2D eigenvalue weighted by Crippen LogP contribution is -2.21. The van der Waals surface area contributed by atoms with Crippen LogP contribution in [0.4, 0.5) is 0 Å². The van der Waals surface area contributed by atoms with Crippen molar-refractivity contribution in [2.75, 3.05) is 4.43 Å². The Morgan fingerprint density at radius 3 is 2.55 bits per heavy atom. The Bertz CT molecular complexity index is 130. The lowest BCUT2D eigenvalue weighted by molar-refractivity contribution is -0.146. The largest absolute Gasteiger partial charge is 0.462 e. The summed E-state index contributed by atoms with van der Waals surface area (Å²) in [6.45, 7) is 0. The SMILES string of the molecule is O=C(CI)OC1CCCCC1. The average molecular weight is 268 g/mol. The lowest BCUT2D eigenvalue weighted by atomic mass is 9.98. The first-order valence-electron chi connectivity index (χ1n) is 4.08. The van der Waals surface area contributed by atoms with Crippen LogP contribution in [0.5, 0.6) is 0 Å². The third kappa shape index (κ3) is 3.40. The Kier molecular flexibility index (Phi) is 4.18. The summed E-state index contributed by atoms with van der Waals surface area (Å²) in [6.07, 6.45) is 6.12. The summed E-state index contributed by atoms with van der Waals surface area (Å²) in [7, 11) is 0. The highest BCUT2D eigenvalue weighted by atomic mass is 127. The highest BCUT2D eigenvalue weighted by molar-refractivity contribution is 14.1. The van der Waals surface area contributed by atoms with E-state index in [1.165, 1.54) is 19.3 Å². The van der Waals surface area contributed by atoms with Gasteiger partial charge in [-0.15, -0.1) is 0 Å². The molecule has 0 radical (unpaired) electrons. The molecule has 0 heterocycles. The first-order valence-corrected chi connectivity index (χ1v) is 5.61. The number of carbonyl (C=O) groups is 1. The molecule has 1 aliphatic rings. The van der Waals surface area contributed by atoms with Crippen molar-refractivity contribution in [3.8, 4) is 0 Å². The van der Waals surface area contributed by atoms with Gasteiger partial charge in [-0.1, -0.05) is 29.0 Å². The van der Waals surface area contributed by atoms with E-state index in [-0.39, 0.29) is 12.1 Å². The molecule has 0 aromatic heterocycles. The van der Waals surface area contributed by atoms with Crippen molar-refractivity contribution in [2.24, 2.45) is 0 Å². The first kappa shape index (κ1) is 9.29. The third-order valence-corrected chi connectivity index (χ3v) is 2.58. The summed E-state index contributed by atoms with van der Waals surface area (Å²) in [4.78, 5) is 10.9. The second-order valence-corrected chi connectivity index (χ2v) is 3.65. The highest BCUT2D eigenvalue weighted by Gasteiger charge is 2.16. The Labute approximate surface area is 80.8 Å². The number of alkyl halides is 1. The molecular weight excluding hydrogens is 255 g/mol. The van der Waals surface area contributed by atoms with Crippen LogP contribution in [0.1, 0.15) is 32.1 Å². The zero-order valence-corrected chi connectivity index (χ0v) is 8.67. The maximum absolute atomic E-state index is 10.9. The Morgan fingerprint density at radius 2 is 2.00 bits per heavy atom. The number of hydrogen-bond donors (Lipinski definition) is 0. The van der Waals surface area contributed by atoms with E-state index < -0.39 is 0 Å². The maximum atomic E-state index is 10.9. The standard InChI is InChI=1S/C8H13IO2/c9-6-8(10)11-7-4-2-1-3-5-7/h7H,1-6H2. The van der Waals surface area contributed by atoms with Gasteiger partial charge < -0.3 is 4.74 Å². The molecule has 64 valence electrons. The molecule has 11 heavy (non-hydrogen) atoms. The quantitative estimate of drug-likeness (QED) is 0.436. The van der Waals surface area contributed by atoms with Gasteiger partial charge in [0.15, 0.2) is 0 Å². The fraction of sp³-hybridized carbons (Fsp3) is 0.875. The fourth-order valence-electron chi connectivity index (χ4n) is 1.40. The Hall–Kier alpha value is 0.200. The maximum Gasteiger partial charge on any atom is 0.316 e. The Morgan fingerprint density at radius 1 is 1.36 bits per heavy atom. The molecule has 0 amide bonds. The lowest BCUT2D eigenvalue weighted by Gasteiger charge is -2.21. The van der Waals surface area contributed by atoms with E-state index in [1.807, 2.05) is 22.6 Å². The van der Waals surface area contributed by atoms with E-state index in [0.29, 0.717) is 4.43 Å². The van der Waals surface area contributed by atoms with Gasteiger partial charge in [0.05, 0.1) is 4.43 Å². The van der Waals surface area contributed by atoms with Gasteiger partial charge >= 0.3 is 5.97 Å². The van der Waals surface area contributed by atoms with Gasteiger partial charge in [-0.05, 0) is 25.7 Å². The van der Waals surface area contributed by atoms with Gasteiger partial charge in [0.1, 0.15) is 6.10 Å². The number of ether oxygens (including phenoxy) is 1. The van der Waals surface area contributed by atoms with Crippen LogP contribution >= 0.6 is 22.6 Å². The molecule has 0 atom stereocenters. The topological polar surface area (TPSA) is 26.3 Å². The molecule has 1 saturated carbocycles. The summed E-state index contributed by atoms with van der Waals surface area (Å²) in [6, 6.07) is 0. The first-order chi connectivity index (χ1) is 5.33. The van der Waals surface area contributed by atoms with E-state index in [4.69, 9.17) is 4.74 Å².